The molecule has 1 aliphatic heterocycles. The Labute approximate surface area is 172 Å². The maximum absolute atomic E-state index is 12.6. The Kier molecular flexibility index (Phi) is 5.05. The van der Waals surface area contributed by atoms with Gasteiger partial charge < -0.3 is 16.2 Å². The summed E-state index contributed by atoms with van der Waals surface area (Å²) < 4.78 is 0. The highest BCUT2D eigenvalue weighted by Crippen LogP contribution is 2.31. The number of carbonyl (C=O) groups is 3. The number of nitrogens with zero attached hydrogens (tertiary/aromatic N) is 2. The average molecular weight is 404 g/mol. The summed E-state index contributed by atoms with van der Waals surface area (Å²) in [5, 5.41) is 14.3. The molecular weight excluding hydrogens is 384 g/mol. The van der Waals surface area contributed by atoms with Gasteiger partial charge in [0.1, 0.15) is 0 Å². The van der Waals surface area contributed by atoms with Crippen molar-refractivity contribution in [3.8, 4) is 0 Å². The van der Waals surface area contributed by atoms with Crippen molar-refractivity contribution in [1.82, 2.24) is 15.2 Å². The zero-order valence-corrected chi connectivity index (χ0v) is 16.0. The summed E-state index contributed by atoms with van der Waals surface area (Å²) in [4.78, 5) is 41.7. The van der Waals surface area contributed by atoms with Crippen molar-refractivity contribution in [2.24, 2.45) is 5.92 Å². The number of urea groups is 1. The summed E-state index contributed by atoms with van der Waals surface area (Å²) in [6, 6.07) is 13.2. The molecule has 3 amide bonds. The van der Waals surface area contributed by atoms with Crippen molar-refractivity contribution in [2.45, 2.75) is 19.0 Å². The van der Waals surface area contributed by atoms with Gasteiger partial charge in [0.2, 0.25) is 5.91 Å². The van der Waals surface area contributed by atoms with Gasteiger partial charge in [-0.05, 0) is 34.4 Å². The van der Waals surface area contributed by atoms with E-state index in [2.05, 4.69) is 10.3 Å². The third-order valence-corrected chi connectivity index (χ3v) is 5.27. The van der Waals surface area contributed by atoms with E-state index < -0.39 is 29.9 Å². The Balaban J connectivity index is 1.47. The molecule has 4 N–H and O–H groups in total. The fourth-order valence-electron chi connectivity index (χ4n) is 3.83. The topological polar surface area (TPSA) is 126 Å². The number of amides is 3. The first-order valence-electron chi connectivity index (χ1n) is 9.45. The lowest BCUT2D eigenvalue weighted by molar-refractivity contribution is -0.165. The molecule has 152 valence electrons. The van der Waals surface area contributed by atoms with Crippen LogP contribution in [0.5, 0.6) is 0 Å². The van der Waals surface area contributed by atoms with Crippen LogP contribution >= 0.6 is 0 Å². The molecule has 0 unspecified atom stereocenters. The normalized spacial score (nSPS) is 18.1. The highest BCUT2D eigenvalue weighted by atomic mass is 16.4. The van der Waals surface area contributed by atoms with Crippen LogP contribution in [0.3, 0.4) is 0 Å². The fraction of sp³-hybridized carbons (Fsp3) is 0.182. The van der Waals surface area contributed by atoms with E-state index in [1.54, 1.807) is 6.07 Å². The second-order valence-electron chi connectivity index (χ2n) is 7.23. The molecule has 1 fully saturated rings. The van der Waals surface area contributed by atoms with E-state index in [4.69, 9.17) is 5.73 Å². The highest BCUT2D eigenvalue weighted by Gasteiger charge is 2.54. The molecule has 4 rings (SSSR count). The van der Waals surface area contributed by atoms with Crippen molar-refractivity contribution in [3.63, 3.8) is 0 Å². The predicted molar refractivity (Wildman–Crippen MR) is 110 cm³/mol. The number of carboxylic acid groups (broad SMARTS) is 1. The number of benzene rings is 2. The summed E-state index contributed by atoms with van der Waals surface area (Å²) in [5.41, 5.74) is 7.65. The van der Waals surface area contributed by atoms with Gasteiger partial charge in [0.05, 0.1) is 11.6 Å². The zero-order valence-electron chi connectivity index (χ0n) is 16.0. The van der Waals surface area contributed by atoms with Crippen molar-refractivity contribution < 1.29 is 19.5 Å². The SMILES string of the molecule is Nc1cncc(C[C@H]2C(=O)N(C(=O)NCc3cccc4ccccc34)[C@@H]2C(=O)O)c1. The molecule has 0 radical (unpaired) electrons. The minimum Gasteiger partial charge on any atom is -0.480 e. The summed E-state index contributed by atoms with van der Waals surface area (Å²) >= 11 is 0. The number of imide groups is 1. The number of β-lactam (4-membered cyclic amide) rings is 1. The monoisotopic (exact) mass is 404 g/mol. The first-order valence-corrected chi connectivity index (χ1v) is 9.45. The Morgan fingerprint density at radius 1 is 1.13 bits per heavy atom. The smallest absolute Gasteiger partial charge is 0.327 e. The molecule has 2 aromatic carbocycles. The van der Waals surface area contributed by atoms with E-state index >= 15 is 0 Å². The molecule has 1 aromatic heterocycles. The van der Waals surface area contributed by atoms with Gasteiger partial charge in [-0.25, -0.2) is 14.5 Å². The maximum atomic E-state index is 12.6. The lowest BCUT2D eigenvalue weighted by atomic mass is 9.83. The Bertz CT molecular complexity index is 1140. The Hall–Kier alpha value is -3.94. The summed E-state index contributed by atoms with van der Waals surface area (Å²) in [6.45, 7) is 0.181. The average Bonchev–Trinajstić information content (AvgIpc) is 2.73. The fourth-order valence-corrected chi connectivity index (χ4v) is 3.83. The minimum absolute atomic E-state index is 0.154. The number of pyridine rings is 1. The van der Waals surface area contributed by atoms with Crippen molar-refractivity contribution >= 4 is 34.4 Å². The number of hydrogen-bond donors (Lipinski definition) is 3. The van der Waals surface area contributed by atoms with Gasteiger partial charge in [0.15, 0.2) is 6.04 Å². The second kappa shape index (κ2) is 7.82. The van der Waals surface area contributed by atoms with Gasteiger partial charge in [0, 0.05) is 18.9 Å². The summed E-state index contributed by atoms with van der Waals surface area (Å²) in [6.07, 6.45) is 3.15. The van der Waals surface area contributed by atoms with Crippen LogP contribution in [0.25, 0.3) is 10.8 Å². The predicted octanol–water partition coefficient (Wildman–Crippen LogP) is 2.18. The van der Waals surface area contributed by atoms with Gasteiger partial charge >= 0.3 is 12.0 Å². The van der Waals surface area contributed by atoms with Crippen LogP contribution < -0.4 is 11.1 Å². The first kappa shape index (κ1) is 19.4. The summed E-state index contributed by atoms with van der Waals surface area (Å²) in [7, 11) is 0. The number of nitrogen functional groups attached to an aromatic ring is 1. The molecule has 8 heteroatoms. The third kappa shape index (κ3) is 3.55. The quantitative estimate of drug-likeness (QED) is 0.560. The van der Waals surface area contributed by atoms with Gasteiger partial charge in [-0.1, -0.05) is 42.5 Å². The molecule has 0 spiro atoms. The lowest BCUT2D eigenvalue weighted by Crippen LogP contribution is -2.68. The van der Waals surface area contributed by atoms with Crippen molar-refractivity contribution in [2.75, 3.05) is 5.73 Å². The molecule has 30 heavy (non-hydrogen) atoms. The number of carboxylic acids is 1. The van der Waals surface area contributed by atoms with Gasteiger partial charge in [0.25, 0.3) is 0 Å². The largest absolute Gasteiger partial charge is 0.480 e. The Morgan fingerprint density at radius 3 is 2.67 bits per heavy atom. The molecular formula is C22H20N4O4. The van der Waals surface area contributed by atoms with E-state index in [0.29, 0.717) is 11.3 Å². The van der Waals surface area contributed by atoms with Gasteiger partial charge in [-0.3, -0.25) is 9.78 Å². The highest BCUT2D eigenvalue weighted by molar-refractivity contribution is 6.07. The molecule has 1 aliphatic rings. The molecule has 0 saturated carbocycles. The van der Waals surface area contributed by atoms with E-state index in [9.17, 15) is 19.5 Å². The number of aliphatic carboxylic acids is 1. The molecule has 3 aromatic rings. The Morgan fingerprint density at radius 2 is 1.90 bits per heavy atom. The minimum atomic E-state index is -1.23. The number of likely N-dealkylation sites (tertiary alicyclic amines) is 1. The molecule has 1 saturated heterocycles. The number of carbonyl (C=O) groups excluding carboxylic acids is 2. The van der Waals surface area contributed by atoms with Crippen LogP contribution in [-0.4, -0.2) is 38.9 Å². The first-order chi connectivity index (χ1) is 14.5. The van der Waals surface area contributed by atoms with Crippen LogP contribution in [0.2, 0.25) is 0 Å². The van der Waals surface area contributed by atoms with E-state index in [1.165, 1.54) is 12.4 Å². The summed E-state index contributed by atoms with van der Waals surface area (Å²) in [5.74, 6) is -2.59. The number of nitrogens with two attached hydrogens (primary N) is 1. The number of aromatic nitrogens is 1. The number of anilines is 1. The van der Waals surface area contributed by atoms with Crippen LogP contribution in [0.15, 0.2) is 60.9 Å². The number of fused-ring (bicyclic) bond motifs is 1. The molecule has 0 aliphatic carbocycles. The lowest BCUT2D eigenvalue weighted by Gasteiger charge is -2.42. The second-order valence-corrected chi connectivity index (χ2v) is 7.23. The molecule has 0 bridgehead atoms. The van der Waals surface area contributed by atoms with Gasteiger partial charge in [-0.2, -0.15) is 0 Å². The van der Waals surface area contributed by atoms with Crippen LogP contribution in [0.4, 0.5) is 10.5 Å². The molecule has 2 atom stereocenters. The maximum Gasteiger partial charge on any atom is 0.327 e. The van der Waals surface area contributed by atoms with Crippen LogP contribution in [0, 0.1) is 5.92 Å². The van der Waals surface area contributed by atoms with Crippen molar-refractivity contribution in [1.29, 1.82) is 0 Å². The third-order valence-electron chi connectivity index (χ3n) is 5.27. The van der Waals surface area contributed by atoms with Gasteiger partial charge in [-0.15, -0.1) is 0 Å². The number of hydrogen-bond acceptors (Lipinski definition) is 5. The standard InChI is InChI=1S/C22H20N4O4/c23-16-8-13(10-24-12-16)9-18-19(21(28)29)26(20(18)27)22(30)25-11-15-6-3-5-14-4-1-2-7-17(14)15/h1-8,10,12,18-19H,9,11,23H2,(H,25,30)(H,28,29)/t18-,19+/m1/s1. The number of rotatable bonds is 5. The van der Waals surface area contributed by atoms with E-state index in [-0.39, 0.29) is 13.0 Å². The van der Waals surface area contributed by atoms with E-state index in [0.717, 1.165) is 21.2 Å². The van der Waals surface area contributed by atoms with Crippen LogP contribution in [0.1, 0.15) is 11.1 Å². The zero-order chi connectivity index (χ0) is 21.3. The van der Waals surface area contributed by atoms with Crippen LogP contribution in [-0.2, 0) is 22.6 Å². The van der Waals surface area contributed by atoms with E-state index in [1.807, 2.05) is 42.5 Å². The van der Waals surface area contributed by atoms with Crippen molar-refractivity contribution in [3.05, 3.63) is 72.1 Å². The molecule has 2 heterocycles. The number of nitrogens with one attached hydrogen (secondary N) is 1. The molecule has 8 nitrogen and oxygen atoms in total.